The maximum absolute atomic E-state index is 12.5. The smallest absolute Gasteiger partial charge is 0.255 e. The molecule has 5 nitrogen and oxygen atoms in total. The highest BCUT2D eigenvalue weighted by Crippen LogP contribution is 2.33. The Kier molecular flexibility index (Phi) is 5.38. The van der Waals surface area contributed by atoms with Gasteiger partial charge in [-0.2, -0.15) is 5.26 Å². The average molecular weight is 358 g/mol. The first-order valence-corrected chi connectivity index (χ1v) is 8.28. The van der Waals surface area contributed by atoms with Gasteiger partial charge in [-0.15, -0.1) is 0 Å². The second-order valence-corrected chi connectivity index (χ2v) is 5.79. The van der Waals surface area contributed by atoms with Crippen LogP contribution in [-0.4, -0.2) is 20.1 Å². The average Bonchev–Trinajstić information content (AvgIpc) is 2.73. The monoisotopic (exact) mass is 358 g/mol. The number of nitrogens with one attached hydrogen (secondary N) is 1. The number of amides is 1. The number of hydrogen-bond acceptors (Lipinski definition) is 4. The Hall–Kier alpha value is -3.78. The lowest BCUT2D eigenvalue weighted by Crippen LogP contribution is -2.12. The largest absolute Gasteiger partial charge is 0.497 e. The van der Waals surface area contributed by atoms with Crippen LogP contribution in [0.4, 0.5) is 5.69 Å². The molecule has 134 valence electrons. The minimum absolute atomic E-state index is 0.280. The molecule has 0 heterocycles. The standard InChI is InChI=1S/C22H18N2O3/c1-26-19-9-6-16(7-10-19)20-13-18(8-11-21(20)27-2)24-22(25)17-5-3-4-15(12-17)14-23/h3-13H,1-2H3,(H,24,25). The van der Waals surface area contributed by atoms with Gasteiger partial charge in [-0.3, -0.25) is 4.79 Å². The van der Waals surface area contributed by atoms with Crippen molar-refractivity contribution in [1.29, 1.82) is 5.26 Å². The topological polar surface area (TPSA) is 71.3 Å². The van der Waals surface area contributed by atoms with Gasteiger partial charge in [-0.1, -0.05) is 18.2 Å². The number of ether oxygens (including phenoxy) is 2. The van der Waals surface area contributed by atoms with Crippen LogP contribution in [0.2, 0.25) is 0 Å². The SMILES string of the molecule is COc1ccc(-c2cc(NC(=O)c3cccc(C#N)c3)ccc2OC)cc1. The van der Waals surface area contributed by atoms with Crippen molar-refractivity contribution in [1.82, 2.24) is 0 Å². The molecule has 0 radical (unpaired) electrons. The predicted molar refractivity (Wildman–Crippen MR) is 104 cm³/mol. The first kappa shape index (κ1) is 18.0. The Bertz CT molecular complexity index is 1000. The Morgan fingerprint density at radius 3 is 2.41 bits per heavy atom. The van der Waals surface area contributed by atoms with Gasteiger partial charge in [0.05, 0.1) is 25.9 Å². The van der Waals surface area contributed by atoms with E-state index in [1.165, 1.54) is 0 Å². The van der Waals surface area contributed by atoms with E-state index in [9.17, 15) is 4.79 Å². The Morgan fingerprint density at radius 2 is 1.74 bits per heavy atom. The zero-order valence-corrected chi connectivity index (χ0v) is 15.0. The maximum Gasteiger partial charge on any atom is 0.255 e. The summed E-state index contributed by atoms with van der Waals surface area (Å²) in [5.41, 5.74) is 3.29. The number of carbonyl (C=O) groups is 1. The molecule has 3 rings (SSSR count). The lowest BCUT2D eigenvalue weighted by atomic mass is 10.0. The summed E-state index contributed by atoms with van der Waals surface area (Å²) in [5.74, 6) is 1.18. The summed E-state index contributed by atoms with van der Waals surface area (Å²) in [5, 5.41) is 11.9. The van der Waals surface area contributed by atoms with E-state index in [1.807, 2.05) is 36.4 Å². The van der Waals surface area contributed by atoms with Crippen LogP contribution in [0.3, 0.4) is 0 Å². The molecule has 0 atom stereocenters. The van der Waals surface area contributed by atoms with Crippen molar-refractivity contribution in [2.24, 2.45) is 0 Å². The van der Waals surface area contributed by atoms with E-state index >= 15 is 0 Å². The number of anilines is 1. The minimum atomic E-state index is -0.280. The second kappa shape index (κ2) is 8.07. The Morgan fingerprint density at radius 1 is 0.963 bits per heavy atom. The lowest BCUT2D eigenvalue weighted by Gasteiger charge is -2.12. The summed E-state index contributed by atoms with van der Waals surface area (Å²) in [7, 11) is 3.22. The molecule has 0 aliphatic rings. The summed E-state index contributed by atoms with van der Waals surface area (Å²) in [6, 6.07) is 21.6. The molecule has 0 saturated heterocycles. The molecule has 0 spiro atoms. The molecule has 5 heteroatoms. The molecule has 0 aliphatic carbocycles. The number of rotatable bonds is 5. The normalized spacial score (nSPS) is 9.96. The first-order chi connectivity index (χ1) is 13.1. The summed E-state index contributed by atoms with van der Waals surface area (Å²) >= 11 is 0. The fourth-order valence-electron chi connectivity index (χ4n) is 2.72. The Labute approximate surface area is 157 Å². The van der Waals surface area contributed by atoms with Crippen molar-refractivity contribution >= 4 is 11.6 Å². The van der Waals surface area contributed by atoms with Crippen molar-refractivity contribution in [2.45, 2.75) is 0 Å². The van der Waals surface area contributed by atoms with Crippen molar-refractivity contribution < 1.29 is 14.3 Å². The fourth-order valence-corrected chi connectivity index (χ4v) is 2.72. The number of nitrogens with zero attached hydrogens (tertiary/aromatic N) is 1. The molecule has 1 amide bonds. The van der Waals surface area contributed by atoms with Crippen molar-refractivity contribution in [2.75, 3.05) is 19.5 Å². The highest BCUT2D eigenvalue weighted by molar-refractivity contribution is 6.04. The zero-order valence-electron chi connectivity index (χ0n) is 15.0. The van der Waals surface area contributed by atoms with E-state index in [1.54, 1.807) is 50.6 Å². The van der Waals surface area contributed by atoms with Crippen LogP contribution >= 0.6 is 0 Å². The van der Waals surface area contributed by atoms with Gasteiger partial charge in [-0.05, 0) is 54.1 Å². The summed E-state index contributed by atoms with van der Waals surface area (Å²) < 4.78 is 10.6. The van der Waals surface area contributed by atoms with Gasteiger partial charge >= 0.3 is 0 Å². The van der Waals surface area contributed by atoms with E-state index in [4.69, 9.17) is 14.7 Å². The van der Waals surface area contributed by atoms with E-state index in [-0.39, 0.29) is 5.91 Å². The molecule has 3 aromatic rings. The minimum Gasteiger partial charge on any atom is -0.497 e. The second-order valence-electron chi connectivity index (χ2n) is 5.79. The van der Waals surface area contributed by atoms with Crippen LogP contribution < -0.4 is 14.8 Å². The molecule has 0 bridgehead atoms. The van der Waals surface area contributed by atoms with Crippen LogP contribution in [0, 0.1) is 11.3 Å². The van der Waals surface area contributed by atoms with E-state index in [2.05, 4.69) is 5.32 Å². The van der Waals surface area contributed by atoms with Crippen molar-refractivity contribution in [3.05, 3.63) is 77.9 Å². The molecule has 0 fully saturated rings. The Balaban J connectivity index is 1.90. The molecule has 3 aromatic carbocycles. The molecule has 0 unspecified atom stereocenters. The number of hydrogen-bond donors (Lipinski definition) is 1. The third-order valence-corrected chi connectivity index (χ3v) is 4.11. The van der Waals surface area contributed by atoms with Crippen LogP contribution in [-0.2, 0) is 0 Å². The number of benzene rings is 3. The van der Waals surface area contributed by atoms with E-state index < -0.39 is 0 Å². The van der Waals surface area contributed by atoms with Gasteiger partial charge in [0.25, 0.3) is 5.91 Å². The number of methoxy groups -OCH3 is 2. The predicted octanol–water partition coefficient (Wildman–Crippen LogP) is 4.49. The van der Waals surface area contributed by atoms with Gasteiger partial charge in [-0.25, -0.2) is 0 Å². The summed E-state index contributed by atoms with van der Waals surface area (Å²) in [4.78, 5) is 12.5. The lowest BCUT2D eigenvalue weighted by molar-refractivity contribution is 0.102. The number of carbonyl (C=O) groups excluding carboxylic acids is 1. The van der Waals surface area contributed by atoms with Gasteiger partial charge in [0.15, 0.2) is 0 Å². The molecular formula is C22H18N2O3. The van der Waals surface area contributed by atoms with Gasteiger partial charge in [0.2, 0.25) is 0 Å². The van der Waals surface area contributed by atoms with E-state index in [0.717, 1.165) is 16.9 Å². The third-order valence-electron chi connectivity index (χ3n) is 4.11. The molecule has 1 N–H and O–H groups in total. The molecule has 0 aromatic heterocycles. The third kappa shape index (κ3) is 4.07. The van der Waals surface area contributed by atoms with Gasteiger partial charge in [0, 0.05) is 16.8 Å². The molecule has 0 aliphatic heterocycles. The molecular weight excluding hydrogens is 340 g/mol. The highest BCUT2D eigenvalue weighted by atomic mass is 16.5. The van der Waals surface area contributed by atoms with Gasteiger partial charge in [0.1, 0.15) is 11.5 Å². The van der Waals surface area contributed by atoms with Crippen LogP contribution in [0.1, 0.15) is 15.9 Å². The molecule has 27 heavy (non-hydrogen) atoms. The number of nitriles is 1. The first-order valence-electron chi connectivity index (χ1n) is 8.28. The van der Waals surface area contributed by atoms with Gasteiger partial charge < -0.3 is 14.8 Å². The van der Waals surface area contributed by atoms with Crippen molar-refractivity contribution in [3.63, 3.8) is 0 Å². The molecule has 0 saturated carbocycles. The van der Waals surface area contributed by atoms with E-state index in [0.29, 0.717) is 22.6 Å². The summed E-state index contributed by atoms with van der Waals surface area (Å²) in [6.45, 7) is 0. The van der Waals surface area contributed by atoms with Crippen LogP contribution in [0.15, 0.2) is 66.7 Å². The summed E-state index contributed by atoms with van der Waals surface area (Å²) in [6.07, 6.45) is 0. The quantitative estimate of drug-likeness (QED) is 0.729. The van der Waals surface area contributed by atoms with Crippen LogP contribution in [0.25, 0.3) is 11.1 Å². The fraction of sp³-hybridized carbons (Fsp3) is 0.0909. The van der Waals surface area contributed by atoms with Crippen molar-refractivity contribution in [3.8, 4) is 28.7 Å². The van der Waals surface area contributed by atoms with Crippen LogP contribution in [0.5, 0.6) is 11.5 Å². The zero-order chi connectivity index (χ0) is 19.2. The maximum atomic E-state index is 12.5. The highest BCUT2D eigenvalue weighted by Gasteiger charge is 2.11.